The van der Waals surface area contributed by atoms with Crippen LogP contribution in [0.1, 0.15) is 24.2 Å². The van der Waals surface area contributed by atoms with Gasteiger partial charge in [-0.25, -0.2) is 0 Å². The standard InChI is InChI=1S/C16H17NO6/c1-3-20-16(19)10-5-17-8(2)6-21-15-12(17)9(13(10)18)4-11-14(15)23-7-22-11/h4,8,10H,3,5-7H2,1-2H3. The zero-order valence-electron chi connectivity index (χ0n) is 13.0. The minimum Gasteiger partial charge on any atom is -0.485 e. The van der Waals surface area contributed by atoms with Gasteiger partial charge in [0.05, 0.1) is 18.3 Å². The predicted molar refractivity (Wildman–Crippen MR) is 79.3 cm³/mol. The first kappa shape index (κ1) is 14.2. The SMILES string of the molecule is CCOC(=O)C1CN2c3c(cc4c(c3OCC2C)OCO4)C1=O. The molecule has 7 nitrogen and oxygen atoms in total. The van der Waals surface area contributed by atoms with Crippen molar-refractivity contribution in [3.8, 4) is 17.2 Å². The molecule has 1 aromatic carbocycles. The van der Waals surface area contributed by atoms with Crippen molar-refractivity contribution in [3.63, 3.8) is 0 Å². The third-order valence-electron chi connectivity index (χ3n) is 4.41. The van der Waals surface area contributed by atoms with Crippen LogP contribution >= 0.6 is 0 Å². The fourth-order valence-corrected chi connectivity index (χ4v) is 3.29. The molecule has 0 fully saturated rings. The maximum Gasteiger partial charge on any atom is 0.318 e. The second-order valence-corrected chi connectivity index (χ2v) is 5.82. The van der Waals surface area contributed by atoms with Gasteiger partial charge in [0, 0.05) is 12.1 Å². The molecular weight excluding hydrogens is 302 g/mol. The van der Waals surface area contributed by atoms with E-state index in [1.807, 2.05) is 11.8 Å². The van der Waals surface area contributed by atoms with Crippen LogP contribution in [0.2, 0.25) is 0 Å². The van der Waals surface area contributed by atoms with E-state index in [1.165, 1.54) is 0 Å². The topological polar surface area (TPSA) is 74.3 Å². The molecule has 0 N–H and O–H groups in total. The molecule has 0 spiro atoms. The van der Waals surface area contributed by atoms with E-state index in [0.29, 0.717) is 41.7 Å². The highest BCUT2D eigenvalue weighted by Gasteiger charge is 2.45. The molecule has 2 atom stereocenters. The summed E-state index contributed by atoms with van der Waals surface area (Å²) < 4.78 is 21.7. The van der Waals surface area contributed by atoms with Crippen molar-refractivity contribution in [2.24, 2.45) is 5.92 Å². The largest absolute Gasteiger partial charge is 0.485 e. The summed E-state index contributed by atoms with van der Waals surface area (Å²) in [5.41, 5.74) is 1.12. The van der Waals surface area contributed by atoms with Gasteiger partial charge in [-0.3, -0.25) is 9.59 Å². The molecule has 2 unspecified atom stereocenters. The molecule has 23 heavy (non-hydrogen) atoms. The van der Waals surface area contributed by atoms with E-state index in [1.54, 1.807) is 13.0 Å². The number of anilines is 1. The Kier molecular flexibility index (Phi) is 3.11. The Balaban J connectivity index is 1.85. The lowest BCUT2D eigenvalue weighted by Crippen LogP contribution is -2.51. The zero-order valence-corrected chi connectivity index (χ0v) is 13.0. The molecule has 4 rings (SSSR count). The Morgan fingerprint density at radius 2 is 2.17 bits per heavy atom. The number of benzene rings is 1. The molecule has 3 aliphatic heterocycles. The smallest absolute Gasteiger partial charge is 0.318 e. The molecule has 0 amide bonds. The first-order valence-corrected chi connectivity index (χ1v) is 7.68. The number of hydrogen-bond acceptors (Lipinski definition) is 7. The lowest BCUT2D eigenvalue weighted by atomic mass is 9.88. The molecule has 0 bridgehead atoms. The summed E-state index contributed by atoms with van der Waals surface area (Å²) in [6, 6.07) is 1.69. The van der Waals surface area contributed by atoms with E-state index < -0.39 is 11.9 Å². The fraction of sp³-hybridized carbons (Fsp3) is 0.500. The Morgan fingerprint density at radius 1 is 1.35 bits per heavy atom. The quantitative estimate of drug-likeness (QED) is 0.602. The van der Waals surface area contributed by atoms with Crippen LogP contribution in [0, 0.1) is 5.92 Å². The lowest BCUT2D eigenvalue weighted by Gasteiger charge is -2.42. The van der Waals surface area contributed by atoms with Gasteiger partial charge in [-0.05, 0) is 19.9 Å². The molecule has 1 aromatic rings. The Labute approximate surface area is 133 Å². The van der Waals surface area contributed by atoms with Crippen LogP contribution < -0.4 is 19.1 Å². The predicted octanol–water partition coefficient (Wildman–Crippen LogP) is 1.38. The summed E-state index contributed by atoms with van der Waals surface area (Å²) in [5.74, 6) is -0.0258. The van der Waals surface area contributed by atoms with E-state index in [0.717, 1.165) is 0 Å². The van der Waals surface area contributed by atoms with Crippen LogP contribution in [0.3, 0.4) is 0 Å². The Hall–Kier alpha value is -2.44. The second-order valence-electron chi connectivity index (χ2n) is 5.82. The van der Waals surface area contributed by atoms with Crippen molar-refractivity contribution < 1.29 is 28.5 Å². The third-order valence-corrected chi connectivity index (χ3v) is 4.41. The third kappa shape index (κ3) is 1.95. The summed E-state index contributed by atoms with van der Waals surface area (Å²) >= 11 is 0. The highest BCUT2D eigenvalue weighted by molar-refractivity contribution is 6.15. The van der Waals surface area contributed by atoms with Crippen molar-refractivity contribution in [2.45, 2.75) is 19.9 Å². The first-order chi connectivity index (χ1) is 11.1. The molecular formula is C16H17NO6. The maximum atomic E-state index is 12.8. The number of esters is 1. The van der Waals surface area contributed by atoms with E-state index in [2.05, 4.69) is 0 Å². The van der Waals surface area contributed by atoms with Crippen LogP contribution in [-0.2, 0) is 9.53 Å². The average molecular weight is 319 g/mol. The van der Waals surface area contributed by atoms with Gasteiger partial charge >= 0.3 is 5.97 Å². The van der Waals surface area contributed by atoms with Gasteiger partial charge in [0.15, 0.2) is 17.3 Å². The fourth-order valence-electron chi connectivity index (χ4n) is 3.29. The molecule has 122 valence electrons. The number of rotatable bonds is 2. The number of fused-ring (bicyclic) bond motifs is 2. The van der Waals surface area contributed by atoms with Gasteiger partial charge in [0.1, 0.15) is 12.5 Å². The van der Waals surface area contributed by atoms with Crippen molar-refractivity contribution >= 4 is 17.4 Å². The summed E-state index contributed by atoms with van der Waals surface area (Å²) in [7, 11) is 0. The Bertz CT molecular complexity index is 700. The maximum absolute atomic E-state index is 12.8. The summed E-state index contributed by atoms with van der Waals surface area (Å²) in [6.07, 6.45) is 0. The number of Topliss-reactive ketones (excluding diaryl/α,β-unsaturated/α-hetero) is 1. The minimum atomic E-state index is -0.823. The van der Waals surface area contributed by atoms with Gasteiger partial charge in [-0.15, -0.1) is 0 Å². The van der Waals surface area contributed by atoms with Gasteiger partial charge in [-0.2, -0.15) is 0 Å². The number of ketones is 1. The molecule has 0 radical (unpaired) electrons. The van der Waals surface area contributed by atoms with Crippen molar-refractivity contribution in [1.29, 1.82) is 0 Å². The molecule has 3 aliphatic rings. The minimum absolute atomic E-state index is 0.0478. The number of hydrogen-bond donors (Lipinski definition) is 0. The van der Waals surface area contributed by atoms with Crippen molar-refractivity contribution in [2.75, 3.05) is 31.5 Å². The van der Waals surface area contributed by atoms with Crippen LogP contribution in [0.25, 0.3) is 0 Å². The molecule has 0 saturated heterocycles. The van der Waals surface area contributed by atoms with Gasteiger partial charge in [0.25, 0.3) is 0 Å². The molecule has 0 aliphatic carbocycles. The van der Waals surface area contributed by atoms with E-state index in [-0.39, 0.29) is 25.2 Å². The monoisotopic (exact) mass is 319 g/mol. The van der Waals surface area contributed by atoms with Crippen molar-refractivity contribution in [3.05, 3.63) is 11.6 Å². The number of ether oxygens (including phenoxy) is 4. The van der Waals surface area contributed by atoms with Crippen LogP contribution in [0.4, 0.5) is 5.69 Å². The summed E-state index contributed by atoms with van der Waals surface area (Å²) in [5, 5.41) is 0. The molecule has 0 saturated carbocycles. The molecule has 7 heteroatoms. The van der Waals surface area contributed by atoms with E-state index >= 15 is 0 Å². The van der Waals surface area contributed by atoms with Gasteiger partial charge in [0.2, 0.25) is 12.5 Å². The highest BCUT2D eigenvalue weighted by Crippen LogP contribution is 2.53. The van der Waals surface area contributed by atoms with Gasteiger partial charge in [-0.1, -0.05) is 0 Å². The van der Waals surface area contributed by atoms with Crippen LogP contribution in [0.15, 0.2) is 6.07 Å². The van der Waals surface area contributed by atoms with E-state index in [4.69, 9.17) is 18.9 Å². The van der Waals surface area contributed by atoms with Crippen LogP contribution in [-0.4, -0.2) is 44.3 Å². The van der Waals surface area contributed by atoms with Crippen LogP contribution in [0.5, 0.6) is 17.2 Å². The second kappa shape index (κ2) is 5.04. The van der Waals surface area contributed by atoms with Gasteiger partial charge < -0.3 is 23.8 Å². The number of nitrogens with zero attached hydrogens (tertiary/aromatic N) is 1. The zero-order chi connectivity index (χ0) is 16.1. The Morgan fingerprint density at radius 3 is 2.96 bits per heavy atom. The lowest BCUT2D eigenvalue weighted by molar-refractivity contribution is -0.146. The first-order valence-electron chi connectivity index (χ1n) is 7.68. The summed E-state index contributed by atoms with van der Waals surface area (Å²) in [6.45, 7) is 4.82. The molecule has 3 heterocycles. The van der Waals surface area contributed by atoms with E-state index in [9.17, 15) is 9.59 Å². The normalized spacial score (nSPS) is 24.1. The molecule has 0 aromatic heterocycles. The highest BCUT2D eigenvalue weighted by atomic mass is 16.7. The van der Waals surface area contributed by atoms with Crippen molar-refractivity contribution in [1.82, 2.24) is 0 Å². The average Bonchev–Trinajstić information content (AvgIpc) is 3.00. The number of carbonyl (C=O) groups is 2. The number of carbonyl (C=O) groups excluding carboxylic acids is 2. The summed E-state index contributed by atoms with van der Waals surface area (Å²) in [4.78, 5) is 27.0.